The second kappa shape index (κ2) is 5.61. The van der Waals surface area contributed by atoms with Crippen molar-refractivity contribution in [3.63, 3.8) is 0 Å². The number of hydrogen-bond acceptors (Lipinski definition) is 1. The van der Waals surface area contributed by atoms with Gasteiger partial charge < -0.3 is 0 Å². The largest absolute Gasteiger partial charge is 0.207 e. The third kappa shape index (κ3) is 3.06. The summed E-state index contributed by atoms with van der Waals surface area (Å²) >= 11 is 3.35. The van der Waals surface area contributed by atoms with E-state index in [0.29, 0.717) is 5.57 Å². The van der Waals surface area contributed by atoms with Gasteiger partial charge in [-0.05, 0) is 41.5 Å². The average molecular weight is 302 g/mol. The van der Waals surface area contributed by atoms with Gasteiger partial charge in [-0.15, -0.1) is 0 Å². The fraction of sp³-hybridized carbons (Fsp3) is 0. The third-order valence-corrected chi connectivity index (χ3v) is 2.99. The second-order valence-corrected chi connectivity index (χ2v) is 4.64. The highest BCUT2D eigenvalue weighted by atomic mass is 79.9. The molecule has 0 heterocycles. The van der Waals surface area contributed by atoms with Gasteiger partial charge in [0.15, 0.2) is 0 Å². The van der Waals surface area contributed by atoms with Gasteiger partial charge in [-0.25, -0.2) is 4.39 Å². The smallest absolute Gasteiger partial charge is 0.123 e. The molecule has 0 unspecified atom stereocenters. The molecule has 0 radical (unpaired) electrons. The van der Waals surface area contributed by atoms with E-state index in [1.54, 1.807) is 18.2 Å². The Kier molecular flexibility index (Phi) is 3.91. The van der Waals surface area contributed by atoms with Crippen molar-refractivity contribution in [1.29, 1.82) is 5.26 Å². The van der Waals surface area contributed by atoms with Crippen molar-refractivity contribution >= 4 is 27.6 Å². The molecular weight excluding hydrogens is 293 g/mol. The van der Waals surface area contributed by atoms with Crippen LogP contribution in [0, 0.1) is 17.1 Å². The highest BCUT2D eigenvalue weighted by Crippen LogP contribution is 2.20. The Labute approximate surface area is 113 Å². The Morgan fingerprint density at radius 3 is 2.22 bits per heavy atom. The molecule has 0 fully saturated rings. The van der Waals surface area contributed by atoms with Crippen molar-refractivity contribution in [1.82, 2.24) is 0 Å². The zero-order chi connectivity index (χ0) is 13.0. The molecule has 0 spiro atoms. The lowest BCUT2D eigenvalue weighted by molar-refractivity contribution is 0.628. The number of nitriles is 1. The molecule has 0 saturated carbocycles. The molecule has 1 nitrogen and oxygen atoms in total. The van der Waals surface area contributed by atoms with E-state index in [0.717, 1.165) is 15.6 Å². The minimum absolute atomic E-state index is 0.283. The van der Waals surface area contributed by atoms with Gasteiger partial charge >= 0.3 is 0 Å². The summed E-state index contributed by atoms with van der Waals surface area (Å²) in [6.45, 7) is 0. The molecule has 0 aromatic heterocycles. The van der Waals surface area contributed by atoms with E-state index in [1.165, 1.54) is 12.1 Å². The van der Waals surface area contributed by atoms with E-state index in [1.807, 2.05) is 24.3 Å². The first-order valence-electron chi connectivity index (χ1n) is 5.32. The van der Waals surface area contributed by atoms with Crippen molar-refractivity contribution < 1.29 is 4.39 Å². The van der Waals surface area contributed by atoms with Crippen LogP contribution < -0.4 is 0 Å². The molecule has 2 aromatic carbocycles. The predicted octanol–water partition coefficient (Wildman–Crippen LogP) is 4.65. The van der Waals surface area contributed by atoms with E-state index in [4.69, 9.17) is 5.26 Å². The molecule has 0 aliphatic rings. The number of halogens is 2. The SMILES string of the molecule is N#C/C(=C/c1ccc(F)cc1)c1ccc(Br)cc1. The third-order valence-electron chi connectivity index (χ3n) is 2.46. The summed E-state index contributed by atoms with van der Waals surface area (Å²) in [5.74, 6) is -0.283. The number of nitrogens with zero attached hydrogens (tertiary/aromatic N) is 1. The molecule has 0 bridgehead atoms. The highest BCUT2D eigenvalue weighted by molar-refractivity contribution is 9.10. The highest BCUT2D eigenvalue weighted by Gasteiger charge is 2.01. The molecule has 0 aliphatic heterocycles. The van der Waals surface area contributed by atoms with Crippen LogP contribution in [-0.2, 0) is 0 Å². The number of allylic oxidation sites excluding steroid dienone is 1. The lowest BCUT2D eigenvalue weighted by Gasteiger charge is -2.00. The van der Waals surface area contributed by atoms with E-state index in [9.17, 15) is 4.39 Å². The van der Waals surface area contributed by atoms with E-state index < -0.39 is 0 Å². The van der Waals surface area contributed by atoms with Crippen molar-refractivity contribution in [2.45, 2.75) is 0 Å². The molecule has 0 aliphatic carbocycles. The molecular formula is C15H9BrFN. The summed E-state index contributed by atoms with van der Waals surface area (Å²) in [6, 6.07) is 15.7. The monoisotopic (exact) mass is 301 g/mol. The van der Waals surface area contributed by atoms with Gasteiger partial charge in [0.2, 0.25) is 0 Å². The maximum Gasteiger partial charge on any atom is 0.123 e. The number of benzene rings is 2. The zero-order valence-electron chi connectivity index (χ0n) is 9.40. The van der Waals surface area contributed by atoms with E-state index in [2.05, 4.69) is 22.0 Å². The van der Waals surface area contributed by atoms with Crippen LogP contribution in [0.1, 0.15) is 11.1 Å². The predicted molar refractivity (Wildman–Crippen MR) is 74.0 cm³/mol. The summed E-state index contributed by atoms with van der Waals surface area (Å²) in [7, 11) is 0. The molecule has 0 saturated heterocycles. The Balaban J connectivity index is 2.37. The van der Waals surface area contributed by atoms with Crippen LogP contribution in [0.4, 0.5) is 4.39 Å². The Bertz CT molecular complexity index is 606. The molecule has 88 valence electrons. The summed E-state index contributed by atoms with van der Waals surface area (Å²) < 4.78 is 13.7. The molecule has 18 heavy (non-hydrogen) atoms. The van der Waals surface area contributed by atoms with Crippen molar-refractivity contribution in [2.75, 3.05) is 0 Å². The number of hydrogen-bond donors (Lipinski definition) is 0. The summed E-state index contributed by atoms with van der Waals surface area (Å²) in [5.41, 5.74) is 2.19. The van der Waals surface area contributed by atoms with Crippen LogP contribution in [0.2, 0.25) is 0 Å². The van der Waals surface area contributed by atoms with Crippen LogP contribution in [0.3, 0.4) is 0 Å². The first kappa shape index (κ1) is 12.5. The fourth-order valence-corrected chi connectivity index (χ4v) is 1.80. The lowest BCUT2D eigenvalue weighted by Crippen LogP contribution is -1.82. The molecule has 0 N–H and O–H groups in total. The van der Waals surface area contributed by atoms with Crippen molar-refractivity contribution in [3.8, 4) is 6.07 Å². The van der Waals surface area contributed by atoms with Gasteiger partial charge in [0.05, 0.1) is 11.6 Å². The van der Waals surface area contributed by atoms with Crippen molar-refractivity contribution in [3.05, 3.63) is 69.9 Å². The quantitative estimate of drug-likeness (QED) is 0.585. The standard InChI is InChI=1S/C15H9BrFN/c16-14-5-3-12(4-6-14)13(10-18)9-11-1-7-15(17)8-2-11/h1-9H/b13-9-. The Morgan fingerprint density at radius 1 is 1.06 bits per heavy atom. The Hall–Kier alpha value is -1.92. The topological polar surface area (TPSA) is 23.8 Å². The lowest BCUT2D eigenvalue weighted by atomic mass is 10.0. The zero-order valence-corrected chi connectivity index (χ0v) is 11.0. The van der Waals surface area contributed by atoms with Gasteiger partial charge in [-0.2, -0.15) is 5.26 Å². The molecule has 0 atom stereocenters. The van der Waals surface area contributed by atoms with E-state index >= 15 is 0 Å². The van der Waals surface area contributed by atoms with Gasteiger partial charge in [0.25, 0.3) is 0 Å². The fourth-order valence-electron chi connectivity index (χ4n) is 1.54. The first-order valence-corrected chi connectivity index (χ1v) is 6.11. The van der Waals surface area contributed by atoms with E-state index in [-0.39, 0.29) is 5.82 Å². The van der Waals surface area contributed by atoms with Crippen LogP contribution in [0.5, 0.6) is 0 Å². The maximum atomic E-state index is 12.8. The molecule has 2 aromatic rings. The van der Waals surface area contributed by atoms with Gasteiger partial charge in [-0.3, -0.25) is 0 Å². The minimum atomic E-state index is -0.283. The molecule has 0 amide bonds. The van der Waals surface area contributed by atoms with Crippen LogP contribution in [0.25, 0.3) is 11.6 Å². The molecule has 2 rings (SSSR count). The second-order valence-electron chi connectivity index (χ2n) is 3.73. The van der Waals surface area contributed by atoms with Crippen molar-refractivity contribution in [2.24, 2.45) is 0 Å². The summed E-state index contributed by atoms with van der Waals surface area (Å²) in [6.07, 6.45) is 1.74. The summed E-state index contributed by atoms with van der Waals surface area (Å²) in [4.78, 5) is 0. The van der Waals surface area contributed by atoms with Gasteiger partial charge in [0.1, 0.15) is 5.82 Å². The number of rotatable bonds is 2. The van der Waals surface area contributed by atoms with Gasteiger partial charge in [-0.1, -0.05) is 40.2 Å². The van der Waals surface area contributed by atoms with Crippen LogP contribution in [0.15, 0.2) is 53.0 Å². The maximum absolute atomic E-state index is 12.8. The minimum Gasteiger partial charge on any atom is -0.207 e. The van der Waals surface area contributed by atoms with Gasteiger partial charge in [0, 0.05) is 4.47 Å². The van der Waals surface area contributed by atoms with Crippen LogP contribution >= 0.6 is 15.9 Å². The summed E-state index contributed by atoms with van der Waals surface area (Å²) in [5, 5.41) is 9.16. The average Bonchev–Trinajstić information content (AvgIpc) is 2.39. The Morgan fingerprint density at radius 2 is 1.67 bits per heavy atom. The first-order chi connectivity index (χ1) is 8.69. The van der Waals surface area contributed by atoms with Crippen LogP contribution in [-0.4, -0.2) is 0 Å². The normalized spacial score (nSPS) is 11.1. The molecule has 3 heteroatoms.